The van der Waals surface area contributed by atoms with E-state index in [1.807, 2.05) is 0 Å². The number of carbonyl (C=O) groups excluding carboxylic acids is 1. The van der Waals surface area contributed by atoms with Gasteiger partial charge in [0.25, 0.3) is 0 Å². The number of alkyl halides is 3. The SMILES string of the molecule is CCOC(=O)c1cc(OC(F)(F)F)nc(OC)c1CN. The van der Waals surface area contributed by atoms with E-state index in [1.54, 1.807) is 6.92 Å². The third-order valence-electron chi connectivity index (χ3n) is 2.18. The zero-order valence-corrected chi connectivity index (χ0v) is 10.8. The third-order valence-corrected chi connectivity index (χ3v) is 2.18. The van der Waals surface area contributed by atoms with E-state index in [2.05, 4.69) is 9.72 Å². The van der Waals surface area contributed by atoms with Crippen LogP contribution in [0.25, 0.3) is 0 Å². The summed E-state index contributed by atoms with van der Waals surface area (Å²) in [7, 11) is 1.19. The predicted molar refractivity (Wildman–Crippen MR) is 61.3 cm³/mol. The Balaban J connectivity index is 3.30. The van der Waals surface area contributed by atoms with E-state index in [0.29, 0.717) is 0 Å². The molecule has 1 heterocycles. The minimum atomic E-state index is -4.94. The molecule has 2 N–H and O–H groups in total. The second kappa shape index (κ2) is 6.42. The highest BCUT2D eigenvalue weighted by atomic mass is 19.4. The number of nitrogens with zero attached hydrogens (tertiary/aromatic N) is 1. The molecule has 0 fully saturated rings. The summed E-state index contributed by atoms with van der Waals surface area (Å²) in [5.41, 5.74) is 5.41. The van der Waals surface area contributed by atoms with Crippen LogP contribution in [0.15, 0.2) is 6.07 Å². The predicted octanol–water partition coefficient (Wildman–Crippen LogP) is 1.62. The number of aromatic nitrogens is 1. The van der Waals surface area contributed by atoms with E-state index in [4.69, 9.17) is 15.2 Å². The Kier molecular flexibility index (Phi) is 5.14. The van der Waals surface area contributed by atoms with Gasteiger partial charge < -0.3 is 19.9 Å². The van der Waals surface area contributed by atoms with Gasteiger partial charge in [0.2, 0.25) is 11.8 Å². The molecule has 1 aromatic rings. The molecule has 0 aliphatic heterocycles. The van der Waals surface area contributed by atoms with Crippen LogP contribution in [0.2, 0.25) is 0 Å². The number of methoxy groups -OCH3 is 1. The lowest BCUT2D eigenvalue weighted by Gasteiger charge is -2.14. The second-order valence-corrected chi connectivity index (χ2v) is 3.47. The summed E-state index contributed by atoms with van der Waals surface area (Å²) in [6.45, 7) is 1.46. The first-order chi connectivity index (χ1) is 9.32. The van der Waals surface area contributed by atoms with Crippen molar-refractivity contribution < 1.29 is 32.2 Å². The summed E-state index contributed by atoms with van der Waals surface area (Å²) in [5, 5.41) is 0. The zero-order chi connectivity index (χ0) is 15.3. The monoisotopic (exact) mass is 294 g/mol. The molecule has 0 aliphatic carbocycles. The van der Waals surface area contributed by atoms with Crippen LogP contribution in [-0.4, -0.2) is 31.0 Å². The highest BCUT2D eigenvalue weighted by molar-refractivity contribution is 5.92. The molecule has 0 spiro atoms. The van der Waals surface area contributed by atoms with Crippen LogP contribution in [0.3, 0.4) is 0 Å². The molecule has 0 aliphatic rings. The molecular weight excluding hydrogens is 281 g/mol. The minimum absolute atomic E-state index is 0.0585. The van der Waals surface area contributed by atoms with Crippen LogP contribution in [0.4, 0.5) is 13.2 Å². The normalized spacial score (nSPS) is 11.1. The molecule has 0 radical (unpaired) electrons. The van der Waals surface area contributed by atoms with Gasteiger partial charge in [0.05, 0.1) is 19.3 Å². The molecule has 0 aromatic carbocycles. The standard InChI is InChI=1S/C11H13F3N2O4/c1-3-19-10(17)6-4-8(20-11(12,13)14)16-9(18-2)7(6)5-15/h4H,3,5,15H2,1-2H3. The maximum Gasteiger partial charge on any atom is 0.574 e. The van der Waals surface area contributed by atoms with Gasteiger partial charge in [-0.05, 0) is 6.92 Å². The van der Waals surface area contributed by atoms with Crippen molar-refractivity contribution in [1.29, 1.82) is 0 Å². The summed E-state index contributed by atoms with van der Waals surface area (Å²) in [6.07, 6.45) is -4.94. The fourth-order valence-corrected chi connectivity index (χ4v) is 1.45. The molecule has 0 saturated carbocycles. The number of pyridine rings is 1. The van der Waals surface area contributed by atoms with Gasteiger partial charge in [0, 0.05) is 18.2 Å². The lowest BCUT2D eigenvalue weighted by atomic mass is 10.1. The maximum absolute atomic E-state index is 12.2. The number of esters is 1. The molecule has 9 heteroatoms. The van der Waals surface area contributed by atoms with Gasteiger partial charge in [-0.3, -0.25) is 0 Å². The van der Waals surface area contributed by atoms with E-state index in [1.165, 1.54) is 7.11 Å². The Hall–Kier alpha value is -2.03. The fraction of sp³-hybridized carbons (Fsp3) is 0.455. The topological polar surface area (TPSA) is 83.7 Å². The summed E-state index contributed by atoms with van der Waals surface area (Å²) in [5.74, 6) is -1.88. The van der Waals surface area contributed by atoms with E-state index in [0.717, 1.165) is 6.07 Å². The quantitative estimate of drug-likeness (QED) is 0.831. The Morgan fingerprint density at radius 2 is 2.10 bits per heavy atom. The van der Waals surface area contributed by atoms with Crippen molar-refractivity contribution in [2.24, 2.45) is 5.73 Å². The minimum Gasteiger partial charge on any atom is -0.481 e. The van der Waals surface area contributed by atoms with Gasteiger partial charge in [-0.1, -0.05) is 0 Å². The summed E-state index contributed by atoms with van der Waals surface area (Å²) in [4.78, 5) is 15.2. The summed E-state index contributed by atoms with van der Waals surface area (Å²) < 4.78 is 49.8. The average Bonchev–Trinajstić information content (AvgIpc) is 2.35. The summed E-state index contributed by atoms with van der Waals surface area (Å²) >= 11 is 0. The molecule has 1 aromatic heterocycles. The van der Waals surface area contributed by atoms with Crippen molar-refractivity contribution in [3.05, 3.63) is 17.2 Å². The number of hydrogen-bond donors (Lipinski definition) is 1. The first kappa shape index (κ1) is 16.0. The molecule has 6 nitrogen and oxygen atoms in total. The number of ether oxygens (including phenoxy) is 3. The lowest BCUT2D eigenvalue weighted by Crippen LogP contribution is -2.20. The molecule has 0 amide bonds. The van der Waals surface area contributed by atoms with Crippen LogP contribution >= 0.6 is 0 Å². The Morgan fingerprint density at radius 1 is 1.45 bits per heavy atom. The fourth-order valence-electron chi connectivity index (χ4n) is 1.45. The number of halogens is 3. The van der Waals surface area contributed by atoms with E-state index in [9.17, 15) is 18.0 Å². The van der Waals surface area contributed by atoms with E-state index in [-0.39, 0.29) is 30.2 Å². The van der Waals surface area contributed by atoms with Crippen LogP contribution in [0.1, 0.15) is 22.8 Å². The summed E-state index contributed by atoms with van der Waals surface area (Å²) in [6, 6.07) is 0.816. The van der Waals surface area contributed by atoms with Crippen molar-refractivity contribution >= 4 is 5.97 Å². The Morgan fingerprint density at radius 3 is 2.55 bits per heavy atom. The number of carbonyl (C=O) groups is 1. The van der Waals surface area contributed by atoms with Crippen molar-refractivity contribution in [2.45, 2.75) is 19.8 Å². The molecule has 0 unspecified atom stereocenters. The zero-order valence-electron chi connectivity index (χ0n) is 10.8. The smallest absolute Gasteiger partial charge is 0.481 e. The van der Waals surface area contributed by atoms with Gasteiger partial charge >= 0.3 is 12.3 Å². The van der Waals surface area contributed by atoms with Crippen molar-refractivity contribution in [3.8, 4) is 11.8 Å². The Bertz CT molecular complexity index is 491. The van der Waals surface area contributed by atoms with Gasteiger partial charge in [-0.25, -0.2) is 4.79 Å². The van der Waals surface area contributed by atoms with E-state index >= 15 is 0 Å². The number of rotatable bonds is 5. The average molecular weight is 294 g/mol. The molecular formula is C11H13F3N2O4. The van der Waals surface area contributed by atoms with Crippen LogP contribution in [0.5, 0.6) is 11.8 Å². The lowest BCUT2D eigenvalue weighted by molar-refractivity contribution is -0.276. The molecule has 0 saturated heterocycles. The third kappa shape index (κ3) is 3.98. The van der Waals surface area contributed by atoms with Gasteiger partial charge in [-0.15, -0.1) is 13.2 Å². The largest absolute Gasteiger partial charge is 0.574 e. The van der Waals surface area contributed by atoms with Crippen LogP contribution in [-0.2, 0) is 11.3 Å². The van der Waals surface area contributed by atoms with E-state index < -0.39 is 18.2 Å². The van der Waals surface area contributed by atoms with Gasteiger partial charge in [0.1, 0.15) is 0 Å². The molecule has 20 heavy (non-hydrogen) atoms. The highest BCUT2D eigenvalue weighted by Crippen LogP contribution is 2.28. The van der Waals surface area contributed by atoms with Gasteiger partial charge in [0.15, 0.2) is 0 Å². The first-order valence-corrected chi connectivity index (χ1v) is 5.53. The molecule has 0 bridgehead atoms. The maximum atomic E-state index is 12.2. The Labute approximate surface area is 112 Å². The molecule has 1 rings (SSSR count). The van der Waals surface area contributed by atoms with Crippen molar-refractivity contribution in [1.82, 2.24) is 4.98 Å². The van der Waals surface area contributed by atoms with Crippen LogP contribution in [0, 0.1) is 0 Å². The van der Waals surface area contributed by atoms with Gasteiger partial charge in [-0.2, -0.15) is 4.98 Å². The molecule has 0 atom stereocenters. The molecule has 112 valence electrons. The second-order valence-electron chi connectivity index (χ2n) is 3.47. The number of nitrogens with two attached hydrogens (primary N) is 1. The highest BCUT2D eigenvalue weighted by Gasteiger charge is 2.33. The van der Waals surface area contributed by atoms with Crippen LogP contribution < -0.4 is 15.2 Å². The van der Waals surface area contributed by atoms with Crippen molar-refractivity contribution in [3.63, 3.8) is 0 Å². The van der Waals surface area contributed by atoms with Crippen molar-refractivity contribution in [2.75, 3.05) is 13.7 Å². The first-order valence-electron chi connectivity index (χ1n) is 5.53. The number of hydrogen-bond acceptors (Lipinski definition) is 6.